The number of rotatable bonds is 2. The lowest BCUT2D eigenvalue weighted by Crippen LogP contribution is -2.33. The molecule has 0 radical (unpaired) electrons. The molecule has 1 aliphatic rings. The SMILES string of the molecule is CC1CCCCCN1c1ccccc1CN. The molecule has 1 aliphatic heterocycles. The summed E-state index contributed by atoms with van der Waals surface area (Å²) in [5, 5.41) is 0. The summed E-state index contributed by atoms with van der Waals surface area (Å²) in [6.45, 7) is 4.15. The van der Waals surface area contributed by atoms with Crippen LogP contribution < -0.4 is 10.6 Å². The standard InChI is InChI=1S/C14H22N2/c1-12-7-3-2-6-10-16(12)14-9-5-4-8-13(14)11-15/h4-5,8-9,12H,2-3,6-7,10-11,15H2,1H3. The summed E-state index contributed by atoms with van der Waals surface area (Å²) < 4.78 is 0. The number of nitrogens with zero attached hydrogens (tertiary/aromatic N) is 1. The van der Waals surface area contributed by atoms with E-state index in [1.54, 1.807) is 0 Å². The Kier molecular flexibility index (Phi) is 3.83. The molecule has 1 saturated heterocycles. The Morgan fingerprint density at radius 3 is 2.88 bits per heavy atom. The van der Waals surface area contributed by atoms with Gasteiger partial charge in [-0.05, 0) is 31.4 Å². The average Bonchev–Trinajstić information content (AvgIpc) is 2.54. The van der Waals surface area contributed by atoms with Gasteiger partial charge in [-0.3, -0.25) is 0 Å². The second kappa shape index (κ2) is 5.35. The lowest BCUT2D eigenvalue weighted by Gasteiger charge is -2.31. The van der Waals surface area contributed by atoms with Gasteiger partial charge in [0, 0.05) is 24.8 Å². The molecule has 1 atom stereocenters. The first kappa shape index (κ1) is 11.5. The second-order valence-electron chi connectivity index (χ2n) is 4.72. The van der Waals surface area contributed by atoms with Gasteiger partial charge in [0.15, 0.2) is 0 Å². The van der Waals surface area contributed by atoms with E-state index in [-0.39, 0.29) is 0 Å². The van der Waals surface area contributed by atoms with Crippen LogP contribution in [0.1, 0.15) is 38.2 Å². The number of hydrogen-bond acceptors (Lipinski definition) is 2. The van der Waals surface area contributed by atoms with Crippen molar-refractivity contribution in [3.63, 3.8) is 0 Å². The highest BCUT2D eigenvalue weighted by atomic mass is 15.2. The van der Waals surface area contributed by atoms with E-state index in [4.69, 9.17) is 5.73 Å². The van der Waals surface area contributed by atoms with Crippen LogP contribution in [-0.2, 0) is 6.54 Å². The third-order valence-corrected chi connectivity index (χ3v) is 3.57. The molecule has 0 aromatic heterocycles. The molecular formula is C14H22N2. The fourth-order valence-corrected chi connectivity index (χ4v) is 2.60. The number of benzene rings is 1. The molecule has 2 rings (SSSR count). The van der Waals surface area contributed by atoms with Crippen LogP contribution in [0.5, 0.6) is 0 Å². The van der Waals surface area contributed by atoms with Gasteiger partial charge in [-0.2, -0.15) is 0 Å². The summed E-state index contributed by atoms with van der Waals surface area (Å²) in [5.41, 5.74) is 8.44. The molecule has 16 heavy (non-hydrogen) atoms. The Labute approximate surface area is 98.4 Å². The van der Waals surface area contributed by atoms with Crippen LogP contribution in [0.15, 0.2) is 24.3 Å². The minimum absolute atomic E-state index is 0.638. The van der Waals surface area contributed by atoms with Crippen molar-refractivity contribution in [1.82, 2.24) is 0 Å². The highest BCUT2D eigenvalue weighted by Crippen LogP contribution is 2.26. The zero-order valence-corrected chi connectivity index (χ0v) is 10.2. The van der Waals surface area contributed by atoms with E-state index in [0.717, 1.165) is 0 Å². The zero-order valence-electron chi connectivity index (χ0n) is 10.2. The van der Waals surface area contributed by atoms with Crippen LogP contribution in [-0.4, -0.2) is 12.6 Å². The first-order valence-corrected chi connectivity index (χ1v) is 6.37. The molecule has 1 aromatic carbocycles. The molecule has 2 nitrogen and oxygen atoms in total. The molecule has 0 bridgehead atoms. The molecule has 2 heteroatoms. The Hall–Kier alpha value is -1.02. The monoisotopic (exact) mass is 218 g/mol. The molecule has 1 heterocycles. The minimum Gasteiger partial charge on any atom is -0.369 e. The van der Waals surface area contributed by atoms with E-state index in [0.29, 0.717) is 12.6 Å². The van der Waals surface area contributed by atoms with Gasteiger partial charge in [-0.25, -0.2) is 0 Å². The van der Waals surface area contributed by atoms with E-state index in [9.17, 15) is 0 Å². The Bertz CT molecular complexity index is 335. The van der Waals surface area contributed by atoms with Crippen LogP contribution in [0.25, 0.3) is 0 Å². The topological polar surface area (TPSA) is 29.3 Å². The fraction of sp³-hybridized carbons (Fsp3) is 0.571. The third-order valence-electron chi connectivity index (χ3n) is 3.57. The molecule has 0 spiro atoms. The van der Waals surface area contributed by atoms with Gasteiger partial charge >= 0.3 is 0 Å². The van der Waals surface area contributed by atoms with Gasteiger partial charge < -0.3 is 10.6 Å². The Morgan fingerprint density at radius 2 is 2.06 bits per heavy atom. The van der Waals surface area contributed by atoms with Crippen molar-refractivity contribution in [1.29, 1.82) is 0 Å². The Balaban J connectivity index is 2.26. The first-order valence-electron chi connectivity index (χ1n) is 6.37. The molecule has 1 unspecified atom stereocenters. The maximum absolute atomic E-state index is 5.82. The number of hydrogen-bond donors (Lipinski definition) is 1. The maximum Gasteiger partial charge on any atom is 0.0414 e. The van der Waals surface area contributed by atoms with Crippen LogP contribution >= 0.6 is 0 Å². The van der Waals surface area contributed by atoms with Crippen LogP contribution in [0, 0.1) is 0 Å². The summed E-state index contributed by atoms with van der Waals surface area (Å²) >= 11 is 0. The summed E-state index contributed by atoms with van der Waals surface area (Å²) in [6, 6.07) is 9.20. The van der Waals surface area contributed by atoms with E-state index in [1.165, 1.54) is 43.5 Å². The molecule has 1 aromatic rings. The zero-order chi connectivity index (χ0) is 11.4. The molecule has 88 valence electrons. The van der Waals surface area contributed by atoms with Crippen molar-refractivity contribution in [3.05, 3.63) is 29.8 Å². The summed E-state index contributed by atoms with van der Waals surface area (Å²) in [4.78, 5) is 2.54. The van der Waals surface area contributed by atoms with Gasteiger partial charge in [0.05, 0.1) is 0 Å². The van der Waals surface area contributed by atoms with Crippen molar-refractivity contribution < 1.29 is 0 Å². The number of para-hydroxylation sites is 1. The van der Waals surface area contributed by atoms with Crippen LogP contribution in [0.4, 0.5) is 5.69 Å². The first-order chi connectivity index (χ1) is 7.83. The molecule has 0 saturated carbocycles. The summed E-state index contributed by atoms with van der Waals surface area (Å²) in [5.74, 6) is 0. The van der Waals surface area contributed by atoms with Crippen molar-refractivity contribution in [2.45, 2.75) is 45.2 Å². The highest BCUT2D eigenvalue weighted by molar-refractivity contribution is 5.54. The van der Waals surface area contributed by atoms with Crippen LogP contribution in [0.2, 0.25) is 0 Å². The molecule has 0 aliphatic carbocycles. The van der Waals surface area contributed by atoms with E-state index < -0.39 is 0 Å². The van der Waals surface area contributed by atoms with Gasteiger partial charge in [0.1, 0.15) is 0 Å². The smallest absolute Gasteiger partial charge is 0.0414 e. The quantitative estimate of drug-likeness (QED) is 0.827. The predicted molar refractivity (Wildman–Crippen MR) is 69.6 cm³/mol. The largest absolute Gasteiger partial charge is 0.369 e. The Morgan fingerprint density at radius 1 is 1.25 bits per heavy atom. The fourth-order valence-electron chi connectivity index (χ4n) is 2.60. The highest BCUT2D eigenvalue weighted by Gasteiger charge is 2.18. The summed E-state index contributed by atoms with van der Waals surface area (Å²) in [7, 11) is 0. The lowest BCUT2D eigenvalue weighted by atomic mass is 10.1. The normalized spacial score (nSPS) is 21.9. The van der Waals surface area contributed by atoms with E-state index in [1.807, 2.05) is 0 Å². The summed E-state index contributed by atoms with van der Waals surface area (Å²) in [6.07, 6.45) is 5.34. The average molecular weight is 218 g/mol. The van der Waals surface area contributed by atoms with Gasteiger partial charge in [-0.15, -0.1) is 0 Å². The lowest BCUT2D eigenvalue weighted by molar-refractivity contribution is 0.614. The second-order valence-corrected chi connectivity index (χ2v) is 4.72. The van der Waals surface area contributed by atoms with Crippen molar-refractivity contribution in [2.75, 3.05) is 11.4 Å². The molecule has 2 N–H and O–H groups in total. The van der Waals surface area contributed by atoms with Gasteiger partial charge in [0.25, 0.3) is 0 Å². The minimum atomic E-state index is 0.638. The molecular weight excluding hydrogens is 196 g/mol. The van der Waals surface area contributed by atoms with E-state index in [2.05, 4.69) is 36.1 Å². The molecule has 0 amide bonds. The van der Waals surface area contributed by atoms with Crippen molar-refractivity contribution in [2.24, 2.45) is 5.73 Å². The van der Waals surface area contributed by atoms with E-state index >= 15 is 0 Å². The van der Waals surface area contributed by atoms with Gasteiger partial charge in [-0.1, -0.05) is 31.0 Å². The predicted octanol–water partition coefficient (Wildman–Crippen LogP) is 2.91. The third kappa shape index (κ3) is 2.38. The van der Waals surface area contributed by atoms with Gasteiger partial charge in [0.2, 0.25) is 0 Å². The van der Waals surface area contributed by atoms with Crippen molar-refractivity contribution >= 4 is 5.69 Å². The van der Waals surface area contributed by atoms with Crippen molar-refractivity contribution in [3.8, 4) is 0 Å². The molecule has 1 fully saturated rings. The maximum atomic E-state index is 5.82. The number of nitrogens with two attached hydrogens (primary N) is 1. The number of anilines is 1. The van der Waals surface area contributed by atoms with Crippen LogP contribution in [0.3, 0.4) is 0 Å².